The molecular weight excluding hydrogens is 354 g/mol. The summed E-state index contributed by atoms with van der Waals surface area (Å²) < 4.78 is 10.5. The fraction of sp³-hybridized carbons (Fsp3) is 0.200. The molecule has 6 heteroatoms. The van der Waals surface area contributed by atoms with Crippen molar-refractivity contribution in [1.29, 1.82) is 0 Å². The van der Waals surface area contributed by atoms with Crippen LogP contribution in [0.5, 0.6) is 0 Å². The first kappa shape index (κ1) is 18.0. The second-order valence-electron chi connectivity index (χ2n) is 6.11. The summed E-state index contributed by atoms with van der Waals surface area (Å²) in [4.78, 5) is 24.3. The van der Waals surface area contributed by atoms with Gasteiger partial charge in [0.25, 0.3) is 6.29 Å². The molecule has 0 radical (unpaired) electrons. The van der Waals surface area contributed by atoms with E-state index >= 15 is 0 Å². The normalized spacial score (nSPS) is 16.5. The number of benzene rings is 2. The molecule has 26 heavy (non-hydrogen) atoms. The number of anilines is 1. The second-order valence-corrected chi connectivity index (χ2v) is 6.49. The highest BCUT2D eigenvalue weighted by Gasteiger charge is 2.36. The van der Waals surface area contributed by atoms with E-state index in [-0.39, 0.29) is 10.7 Å². The molecule has 2 aromatic rings. The fourth-order valence-electron chi connectivity index (χ4n) is 2.56. The second kappa shape index (κ2) is 7.22. The molecule has 0 saturated heterocycles. The number of halogens is 1. The van der Waals surface area contributed by atoms with Gasteiger partial charge in [0.2, 0.25) is 0 Å². The van der Waals surface area contributed by atoms with Gasteiger partial charge in [0, 0.05) is 5.69 Å². The lowest BCUT2D eigenvalue weighted by Crippen LogP contribution is -2.24. The van der Waals surface area contributed by atoms with Crippen LogP contribution in [-0.2, 0) is 14.3 Å². The first-order chi connectivity index (χ1) is 12.4. The van der Waals surface area contributed by atoms with Crippen LogP contribution in [0, 0.1) is 20.8 Å². The highest BCUT2D eigenvalue weighted by atomic mass is 35.5. The summed E-state index contributed by atoms with van der Waals surface area (Å²) in [6, 6.07) is 12.7. The van der Waals surface area contributed by atoms with Crippen molar-refractivity contribution in [2.24, 2.45) is 0 Å². The Balaban J connectivity index is 1.83. The number of aryl methyl sites for hydroxylation is 3. The van der Waals surface area contributed by atoms with E-state index in [1.807, 2.05) is 38.1 Å². The Kier molecular flexibility index (Phi) is 5.00. The van der Waals surface area contributed by atoms with E-state index in [1.165, 1.54) is 0 Å². The molecule has 0 aliphatic carbocycles. The van der Waals surface area contributed by atoms with Crippen LogP contribution in [-0.4, -0.2) is 18.2 Å². The lowest BCUT2D eigenvalue weighted by Gasteiger charge is -2.17. The molecule has 0 spiro atoms. The van der Waals surface area contributed by atoms with E-state index in [9.17, 15) is 9.59 Å². The lowest BCUT2D eigenvalue weighted by molar-refractivity contribution is -0.152. The molecule has 1 heterocycles. The summed E-state index contributed by atoms with van der Waals surface area (Å²) in [7, 11) is 0. The average molecular weight is 372 g/mol. The minimum Gasteiger partial charge on any atom is -0.415 e. The van der Waals surface area contributed by atoms with Crippen molar-refractivity contribution in [1.82, 2.24) is 0 Å². The molecule has 1 N–H and O–H groups in total. The summed E-state index contributed by atoms with van der Waals surface area (Å²) in [5.41, 5.74) is 4.30. The number of rotatable bonds is 4. The van der Waals surface area contributed by atoms with Crippen LogP contribution < -0.4 is 5.32 Å². The number of carbonyl (C=O) groups excluding carboxylic acids is 2. The van der Waals surface area contributed by atoms with Crippen LogP contribution in [0.4, 0.5) is 5.69 Å². The smallest absolute Gasteiger partial charge is 0.355 e. The molecule has 2 aromatic carbocycles. The predicted molar refractivity (Wildman–Crippen MR) is 98.9 cm³/mol. The Morgan fingerprint density at radius 1 is 1.08 bits per heavy atom. The van der Waals surface area contributed by atoms with Gasteiger partial charge in [-0.15, -0.1) is 0 Å². The zero-order chi connectivity index (χ0) is 18.8. The van der Waals surface area contributed by atoms with Crippen LogP contribution in [0.2, 0.25) is 0 Å². The molecule has 1 aliphatic heterocycles. The number of carbonyl (C=O) groups is 2. The number of cyclic esters (lactones) is 1. The maximum atomic E-state index is 12.4. The molecule has 0 saturated carbocycles. The molecule has 134 valence electrons. The number of hydrogen-bond acceptors (Lipinski definition) is 5. The van der Waals surface area contributed by atoms with Gasteiger partial charge in [-0.1, -0.05) is 35.9 Å². The van der Waals surface area contributed by atoms with Gasteiger partial charge in [-0.25, -0.2) is 9.59 Å². The highest BCUT2D eigenvalue weighted by molar-refractivity contribution is 6.42. The minimum absolute atomic E-state index is 0.134. The highest BCUT2D eigenvalue weighted by Crippen LogP contribution is 2.29. The number of hydrogen-bond donors (Lipinski definition) is 1. The number of esters is 2. The van der Waals surface area contributed by atoms with E-state index < -0.39 is 18.2 Å². The van der Waals surface area contributed by atoms with Crippen LogP contribution >= 0.6 is 11.6 Å². The van der Waals surface area contributed by atoms with Gasteiger partial charge in [0.05, 0.1) is 5.56 Å². The first-order valence-electron chi connectivity index (χ1n) is 8.08. The zero-order valence-corrected chi connectivity index (χ0v) is 15.4. The molecule has 5 nitrogen and oxygen atoms in total. The number of nitrogens with one attached hydrogen (secondary N) is 1. The quantitative estimate of drug-likeness (QED) is 0.815. The predicted octanol–water partition coefficient (Wildman–Crippen LogP) is 4.21. The first-order valence-corrected chi connectivity index (χ1v) is 8.46. The molecule has 1 atom stereocenters. The summed E-state index contributed by atoms with van der Waals surface area (Å²) in [5, 5.41) is 2.90. The zero-order valence-electron chi connectivity index (χ0n) is 14.6. The average Bonchev–Trinajstić information content (AvgIpc) is 2.86. The van der Waals surface area contributed by atoms with E-state index in [1.54, 1.807) is 25.1 Å². The Morgan fingerprint density at radius 2 is 1.81 bits per heavy atom. The Morgan fingerprint density at radius 3 is 2.50 bits per heavy atom. The molecule has 0 amide bonds. The van der Waals surface area contributed by atoms with E-state index in [4.69, 9.17) is 21.1 Å². The van der Waals surface area contributed by atoms with Crippen LogP contribution in [0.15, 0.2) is 53.2 Å². The summed E-state index contributed by atoms with van der Waals surface area (Å²) in [6.45, 7) is 5.77. The third kappa shape index (κ3) is 3.58. The van der Waals surface area contributed by atoms with Crippen LogP contribution in [0.25, 0.3) is 0 Å². The van der Waals surface area contributed by atoms with Crippen LogP contribution in [0.3, 0.4) is 0 Å². The number of ether oxygens (including phenoxy) is 2. The van der Waals surface area contributed by atoms with Gasteiger partial charge < -0.3 is 14.8 Å². The summed E-state index contributed by atoms with van der Waals surface area (Å²) in [6.07, 6.45) is -1.22. The maximum absolute atomic E-state index is 12.4. The van der Waals surface area contributed by atoms with Crippen molar-refractivity contribution in [3.8, 4) is 0 Å². The van der Waals surface area contributed by atoms with Crippen molar-refractivity contribution >= 4 is 29.2 Å². The van der Waals surface area contributed by atoms with Crippen molar-refractivity contribution in [2.75, 3.05) is 5.32 Å². The van der Waals surface area contributed by atoms with Gasteiger partial charge in [0.1, 0.15) is 5.70 Å². The standard InChI is InChI=1S/C20H18ClNO4/c1-11-8-9-14(10-13(11)3)22-17-16(21)19(24)26-20(17)25-18(23)15-7-5-4-6-12(15)2/h4-10,20,22H,1-3H3/t20-/m1/s1. The molecule has 1 aliphatic rings. The van der Waals surface area contributed by atoms with E-state index in [0.29, 0.717) is 5.56 Å². The van der Waals surface area contributed by atoms with Crippen LogP contribution in [0.1, 0.15) is 27.0 Å². The fourth-order valence-corrected chi connectivity index (χ4v) is 2.74. The Bertz CT molecular complexity index is 920. The Labute approximate surface area is 156 Å². The largest absolute Gasteiger partial charge is 0.415 e. The summed E-state index contributed by atoms with van der Waals surface area (Å²) >= 11 is 6.06. The van der Waals surface area contributed by atoms with Crippen molar-refractivity contribution < 1.29 is 19.1 Å². The van der Waals surface area contributed by atoms with Crippen molar-refractivity contribution in [2.45, 2.75) is 27.1 Å². The molecule has 0 fully saturated rings. The van der Waals surface area contributed by atoms with Gasteiger partial charge in [-0.2, -0.15) is 0 Å². The van der Waals surface area contributed by atoms with E-state index in [0.717, 1.165) is 22.4 Å². The van der Waals surface area contributed by atoms with Gasteiger partial charge in [-0.05, 0) is 55.7 Å². The van der Waals surface area contributed by atoms with E-state index in [2.05, 4.69) is 5.32 Å². The van der Waals surface area contributed by atoms with Gasteiger partial charge in [-0.3, -0.25) is 0 Å². The molecule has 0 aromatic heterocycles. The van der Waals surface area contributed by atoms with Crippen molar-refractivity contribution in [3.05, 3.63) is 75.4 Å². The third-order valence-electron chi connectivity index (χ3n) is 4.23. The lowest BCUT2D eigenvalue weighted by atomic mass is 10.1. The minimum atomic E-state index is -1.22. The molecular formula is C20H18ClNO4. The third-order valence-corrected chi connectivity index (χ3v) is 4.59. The van der Waals surface area contributed by atoms with Gasteiger partial charge in [0.15, 0.2) is 5.03 Å². The Hall–Kier alpha value is -2.79. The van der Waals surface area contributed by atoms with Crippen molar-refractivity contribution in [3.63, 3.8) is 0 Å². The molecule has 3 rings (SSSR count). The SMILES string of the molecule is Cc1ccc(NC2=C(Cl)C(=O)O[C@H]2OC(=O)c2ccccc2C)cc1C. The molecule has 0 bridgehead atoms. The monoisotopic (exact) mass is 371 g/mol. The topological polar surface area (TPSA) is 64.6 Å². The molecule has 0 unspecified atom stereocenters. The van der Waals surface area contributed by atoms with Gasteiger partial charge >= 0.3 is 11.9 Å². The maximum Gasteiger partial charge on any atom is 0.355 e. The summed E-state index contributed by atoms with van der Waals surface area (Å²) in [5.74, 6) is -1.33.